The molecule has 2 amide bonds. The molecule has 2 N–H and O–H groups in total. The van der Waals surface area contributed by atoms with Crippen LogP contribution >= 0.6 is 23.2 Å². The minimum Gasteiger partial charge on any atom is -0.452 e. The van der Waals surface area contributed by atoms with Gasteiger partial charge in [-0.1, -0.05) is 29.3 Å². The van der Waals surface area contributed by atoms with Crippen LogP contribution in [0.15, 0.2) is 24.3 Å². The second-order valence-electron chi connectivity index (χ2n) is 4.31. The monoisotopic (exact) mass is 358 g/mol. The summed E-state index contributed by atoms with van der Waals surface area (Å²) in [5.74, 6) is -1.62. The van der Waals surface area contributed by atoms with Gasteiger partial charge in [-0.15, -0.1) is 0 Å². The predicted molar refractivity (Wildman–Crippen MR) is 88.1 cm³/mol. The molecule has 0 spiro atoms. The topological polar surface area (TPSA) is 84.5 Å². The Morgan fingerprint density at radius 1 is 1.13 bits per heavy atom. The summed E-state index contributed by atoms with van der Waals surface area (Å²) in [6.45, 7) is 1.58. The largest absolute Gasteiger partial charge is 0.452 e. The van der Waals surface area contributed by atoms with E-state index in [1.807, 2.05) is 0 Å². The fourth-order valence-electron chi connectivity index (χ4n) is 1.50. The highest BCUT2D eigenvalue weighted by Gasteiger charge is 2.08. The van der Waals surface area contributed by atoms with Crippen LogP contribution in [-0.4, -0.2) is 37.5 Å². The zero-order valence-corrected chi connectivity index (χ0v) is 13.9. The summed E-state index contributed by atoms with van der Waals surface area (Å²) < 4.78 is 4.74. The van der Waals surface area contributed by atoms with E-state index >= 15 is 0 Å². The zero-order chi connectivity index (χ0) is 17.2. The van der Waals surface area contributed by atoms with Crippen LogP contribution in [0.1, 0.15) is 12.5 Å². The lowest BCUT2D eigenvalue weighted by molar-refractivity contribution is -0.143. The third-order valence-corrected chi connectivity index (χ3v) is 3.21. The Labute approximate surface area is 143 Å². The van der Waals surface area contributed by atoms with Crippen molar-refractivity contribution in [1.29, 1.82) is 0 Å². The Morgan fingerprint density at radius 3 is 2.39 bits per heavy atom. The standard InChI is InChI=1S/C15H16Cl2N2O4/c1-2-18-13(20)8-19-14(21)9-23-15(22)7-6-10-11(16)4-3-5-12(10)17/h3-7H,2,8-9H2,1H3,(H,18,20)(H,19,21)/b7-6+. The number of carbonyl (C=O) groups is 3. The minimum atomic E-state index is -0.728. The van der Waals surface area contributed by atoms with Gasteiger partial charge in [0.15, 0.2) is 6.61 Å². The maximum Gasteiger partial charge on any atom is 0.331 e. The third-order valence-electron chi connectivity index (χ3n) is 2.55. The quantitative estimate of drug-likeness (QED) is 0.574. The van der Waals surface area contributed by atoms with E-state index < -0.39 is 18.5 Å². The van der Waals surface area contributed by atoms with Gasteiger partial charge in [0.1, 0.15) is 0 Å². The highest BCUT2D eigenvalue weighted by Crippen LogP contribution is 2.25. The molecule has 0 aliphatic heterocycles. The average molecular weight is 359 g/mol. The van der Waals surface area contributed by atoms with Gasteiger partial charge < -0.3 is 15.4 Å². The fourth-order valence-corrected chi connectivity index (χ4v) is 2.02. The molecule has 0 bridgehead atoms. The lowest BCUT2D eigenvalue weighted by Crippen LogP contribution is -2.38. The van der Waals surface area contributed by atoms with Gasteiger partial charge in [-0.3, -0.25) is 9.59 Å². The van der Waals surface area contributed by atoms with Gasteiger partial charge in [-0.05, 0) is 25.1 Å². The average Bonchev–Trinajstić information content (AvgIpc) is 2.50. The number of esters is 1. The molecule has 0 saturated carbocycles. The molecule has 0 unspecified atom stereocenters. The van der Waals surface area contributed by atoms with E-state index in [0.29, 0.717) is 22.2 Å². The van der Waals surface area contributed by atoms with Crippen molar-refractivity contribution in [1.82, 2.24) is 10.6 Å². The maximum absolute atomic E-state index is 11.5. The van der Waals surface area contributed by atoms with Crippen molar-refractivity contribution >= 4 is 47.1 Å². The van der Waals surface area contributed by atoms with E-state index in [2.05, 4.69) is 10.6 Å². The summed E-state index contributed by atoms with van der Waals surface area (Å²) in [4.78, 5) is 34.1. The first-order chi connectivity index (χ1) is 10.9. The van der Waals surface area contributed by atoms with Crippen LogP contribution in [-0.2, 0) is 19.1 Å². The Morgan fingerprint density at radius 2 is 1.78 bits per heavy atom. The van der Waals surface area contributed by atoms with E-state index in [-0.39, 0.29) is 12.5 Å². The molecule has 1 rings (SSSR count). The van der Waals surface area contributed by atoms with Gasteiger partial charge in [0.25, 0.3) is 5.91 Å². The van der Waals surface area contributed by atoms with Crippen molar-refractivity contribution in [2.24, 2.45) is 0 Å². The molecule has 0 aliphatic rings. The second-order valence-corrected chi connectivity index (χ2v) is 5.12. The molecule has 0 fully saturated rings. The first-order valence-corrected chi connectivity index (χ1v) is 7.52. The normalized spacial score (nSPS) is 10.4. The summed E-state index contributed by atoms with van der Waals surface area (Å²) in [5, 5.41) is 5.62. The first kappa shape index (κ1) is 19.0. The SMILES string of the molecule is CCNC(=O)CNC(=O)COC(=O)/C=C/c1c(Cl)cccc1Cl. The fraction of sp³-hybridized carbons (Fsp3) is 0.267. The van der Waals surface area contributed by atoms with Crippen LogP contribution in [0, 0.1) is 0 Å². The Kier molecular flexibility index (Phi) is 8.15. The molecule has 0 radical (unpaired) electrons. The zero-order valence-electron chi connectivity index (χ0n) is 12.4. The molecule has 0 heterocycles. The van der Waals surface area contributed by atoms with E-state index in [0.717, 1.165) is 6.08 Å². The molecule has 1 aromatic carbocycles. The minimum absolute atomic E-state index is 0.171. The summed E-state index contributed by atoms with van der Waals surface area (Å²) in [6, 6.07) is 4.94. The molecule has 0 saturated heterocycles. The van der Waals surface area contributed by atoms with E-state index in [1.165, 1.54) is 6.08 Å². The van der Waals surface area contributed by atoms with Crippen molar-refractivity contribution in [3.8, 4) is 0 Å². The molecule has 0 atom stereocenters. The number of nitrogens with one attached hydrogen (secondary N) is 2. The molecule has 0 aromatic heterocycles. The molecular formula is C15H16Cl2N2O4. The van der Waals surface area contributed by atoms with Crippen molar-refractivity contribution in [3.63, 3.8) is 0 Å². The third kappa shape index (κ3) is 7.17. The van der Waals surface area contributed by atoms with E-state index in [9.17, 15) is 14.4 Å². The van der Waals surface area contributed by atoms with Gasteiger partial charge in [-0.2, -0.15) is 0 Å². The number of hydrogen-bond donors (Lipinski definition) is 2. The van der Waals surface area contributed by atoms with Crippen LogP contribution in [0.2, 0.25) is 10.0 Å². The number of benzene rings is 1. The summed E-state index contributed by atoms with van der Waals surface area (Å²) in [6.07, 6.45) is 2.52. The molecule has 124 valence electrons. The van der Waals surface area contributed by atoms with E-state index in [4.69, 9.17) is 27.9 Å². The number of halogens is 2. The van der Waals surface area contributed by atoms with Crippen molar-refractivity contribution in [2.45, 2.75) is 6.92 Å². The number of likely N-dealkylation sites (N-methyl/N-ethyl adjacent to an activating group) is 1. The van der Waals surface area contributed by atoms with Crippen LogP contribution < -0.4 is 10.6 Å². The van der Waals surface area contributed by atoms with Crippen molar-refractivity contribution in [2.75, 3.05) is 19.7 Å². The number of rotatable bonds is 7. The Balaban J connectivity index is 2.41. The molecule has 1 aromatic rings. The van der Waals surface area contributed by atoms with Crippen LogP contribution in [0.4, 0.5) is 0 Å². The van der Waals surface area contributed by atoms with Crippen LogP contribution in [0.25, 0.3) is 6.08 Å². The number of ether oxygens (including phenoxy) is 1. The molecular weight excluding hydrogens is 343 g/mol. The lowest BCUT2D eigenvalue weighted by atomic mass is 10.2. The van der Waals surface area contributed by atoms with Crippen molar-refractivity contribution < 1.29 is 19.1 Å². The Bertz CT molecular complexity index is 597. The van der Waals surface area contributed by atoms with Crippen molar-refractivity contribution in [3.05, 3.63) is 39.9 Å². The predicted octanol–water partition coefficient (Wildman–Crippen LogP) is 1.80. The number of amides is 2. The van der Waals surface area contributed by atoms with Gasteiger partial charge in [0, 0.05) is 28.2 Å². The van der Waals surface area contributed by atoms with Gasteiger partial charge in [-0.25, -0.2) is 4.79 Å². The second kappa shape index (κ2) is 9.86. The van der Waals surface area contributed by atoms with Gasteiger partial charge in [0.2, 0.25) is 5.91 Å². The molecule has 23 heavy (non-hydrogen) atoms. The molecule has 6 nitrogen and oxygen atoms in total. The molecule has 0 aliphatic carbocycles. The summed E-state index contributed by atoms with van der Waals surface area (Å²) >= 11 is 11.9. The maximum atomic E-state index is 11.5. The number of carbonyl (C=O) groups excluding carboxylic acids is 3. The highest BCUT2D eigenvalue weighted by molar-refractivity contribution is 6.37. The Hall–Kier alpha value is -2.05. The summed E-state index contributed by atoms with van der Waals surface area (Å²) in [7, 11) is 0. The van der Waals surface area contributed by atoms with E-state index in [1.54, 1.807) is 25.1 Å². The lowest BCUT2D eigenvalue weighted by Gasteiger charge is -2.05. The highest BCUT2D eigenvalue weighted by atomic mass is 35.5. The van der Waals surface area contributed by atoms with Crippen LogP contribution in [0.3, 0.4) is 0 Å². The van der Waals surface area contributed by atoms with Gasteiger partial charge in [0.05, 0.1) is 6.54 Å². The molecule has 8 heteroatoms. The van der Waals surface area contributed by atoms with Crippen LogP contribution in [0.5, 0.6) is 0 Å². The summed E-state index contributed by atoms with van der Waals surface area (Å²) in [5.41, 5.74) is 0.480. The number of hydrogen-bond acceptors (Lipinski definition) is 4. The van der Waals surface area contributed by atoms with Gasteiger partial charge >= 0.3 is 5.97 Å². The smallest absolute Gasteiger partial charge is 0.331 e. The first-order valence-electron chi connectivity index (χ1n) is 6.76.